The molecule has 4 atom stereocenters. The predicted octanol–water partition coefficient (Wildman–Crippen LogP) is 5.94. The van der Waals surface area contributed by atoms with Crippen LogP contribution in [0.3, 0.4) is 0 Å². The van der Waals surface area contributed by atoms with Gasteiger partial charge in [-0.1, -0.05) is 71.8 Å². The zero-order chi connectivity index (χ0) is 28.5. The normalized spacial score (nSPS) is 23.9. The quantitative estimate of drug-likeness (QED) is 0.325. The Morgan fingerprint density at radius 3 is 2.34 bits per heavy atom. The molecule has 1 fully saturated rings. The number of aromatic nitrogens is 1. The fourth-order valence-electron chi connectivity index (χ4n) is 7.10. The van der Waals surface area contributed by atoms with Gasteiger partial charge in [0.25, 0.3) is 0 Å². The highest BCUT2D eigenvalue weighted by Crippen LogP contribution is 2.58. The average Bonchev–Trinajstić information content (AvgIpc) is 3.45. The monoisotopic (exact) mass is 539 g/mol. The van der Waals surface area contributed by atoms with Gasteiger partial charge < -0.3 is 10.2 Å². The summed E-state index contributed by atoms with van der Waals surface area (Å²) in [5.74, 6) is -1.83. The van der Waals surface area contributed by atoms with Gasteiger partial charge in [0, 0.05) is 28.7 Å². The topological polar surface area (TPSA) is 79.4 Å². The Morgan fingerprint density at radius 1 is 0.854 bits per heavy atom. The summed E-state index contributed by atoms with van der Waals surface area (Å²) in [6.07, 6.45) is 3.65. The maximum atomic E-state index is 14.7. The lowest BCUT2D eigenvalue weighted by atomic mass is 9.64. The first-order chi connectivity index (χ1) is 19.8. The van der Waals surface area contributed by atoms with Crippen LogP contribution in [0.15, 0.2) is 97.2 Å². The van der Waals surface area contributed by atoms with Gasteiger partial charge >= 0.3 is 0 Å². The lowest BCUT2D eigenvalue weighted by molar-refractivity contribution is -0.121. The minimum atomic E-state index is -1.35. The van der Waals surface area contributed by atoms with E-state index < -0.39 is 23.4 Å². The van der Waals surface area contributed by atoms with Crippen molar-refractivity contribution in [1.82, 2.24) is 4.98 Å². The number of rotatable bonds is 4. The number of benzene rings is 3. The molecule has 3 aliphatic rings. The molecule has 1 saturated heterocycles. The van der Waals surface area contributed by atoms with Crippen LogP contribution in [-0.2, 0) is 10.2 Å². The lowest BCUT2D eigenvalue weighted by Gasteiger charge is -2.39. The third kappa shape index (κ3) is 3.50. The number of pyridine rings is 1. The Labute approximate surface area is 238 Å². The van der Waals surface area contributed by atoms with Crippen LogP contribution in [0.4, 0.5) is 11.4 Å². The van der Waals surface area contributed by atoms with E-state index in [-0.39, 0.29) is 23.2 Å². The van der Waals surface area contributed by atoms with Gasteiger partial charge in [-0.2, -0.15) is 0 Å². The molecular weight excluding hydrogens is 510 g/mol. The van der Waals surface area contributed by atoms with Crippen LogP contribution in [0.1, 0.15) is 50.0 Å². The summed E-state index contributed by atoms with van der Waals surface area (Å²) in [5.41, 5.74) is 5.76. The van der Waals surface area contributed by atoms with Crippen molar-refractivity contribution in [3.63, 3.8) is 0 Å². The molecule has 6 nitrogen and oxygen atoms in total. The number of nitrogens with zero attached hydrogens (tertiary/aromatic N) is 2. The number of ketones is 2. The first-order valence-corrected chi connectivity index (χ1v) is 13.9. The molecule has 6 heteroatoms. The number of carbonyl (C=O) groups excluding carboxylic acids is 3. The standard InChI is InChI=1S/C35H29N3O3/c1-20-11-14-23(15-12-20)32(39)31-30(33(40)27-10-6-7-17-36-27)35(25-8-4-5-9-26(25)37-34(35)41)29-19-22(3)24-18-21(2)13-16-28(24)38(29)31/h4-19,29-31H,1-3H3,(H,37,41)/t29-,30-,31-,35+/m0/s1. The molecule has 4 heterocycles. The minimum absolute atomic E-state index is 0.196. The molecule has 0 saturated carbocycles. The predicted molar refractivity (Wildman–Crippen MR) is 159 cm³/mol. The zero-order valence-electron chi connectivity index (χ0n) is 23.1. The fourth-order valence-corrected chi connectivity index (χ4v) is 7.10. The Morgan fingerprint density at radius 2 is 1.59 bits per heavy atom. The molecule has 1 aromatic heterocycles. The number of amides is 1. The Bertz CT molecular complexity index is 1780. The first-order valence-electron chi connectivity index (χ1n) is 13.9. The molecule has 41 heavy (non-hydrogen) atoms. The van der Waals surface area contributed by atoms with E-state index in [1.54, 1.807) is 24.4 Å². The Hall–Kier alpha value is -4.84. The van der Waals surface area contributed by atoms with E-state index in [0.717, 1.165) is 33.5 Å². The van der Waals surface area contributed by atoms with Gasteiger partial charge in [0.05, 0.1) is 12.0 Å². The molecule has 3 aliphatic heterocycles. The van der Waals surface area contributed by atoms with Gasteiger partial charge in [0.2, 0.25) is 5.91 Å². The number of aryl methyl sites for hydroxylation is 2. The molecule has 1 amide bonds. The van der Waals surface area contributed by atoms with Crippen LogP contribution in [0.2, 0.25) is 0 Å². The van der Waals surface area contributed by atoms with Crippen molar-refractivity contribution in [2.75, 3.05) is 10.2 Å². The van der Waals surface area contributed by atoms with Gasteiger partial charge in [-0.05, 0) is 62.2 Å². The molecular formula is C35H29N3O3. The molecule has 0 bridgehead atoms. The summed E-state index contributed by atoms with van der Waals surface area (Å²) >= 11 is 0. The first kappa shape index (κ1) is 25.1. The van der Waals surface area contributed by atoms with Gasteiger partial charge in [0.15, 0.2) is 11.6 Å². The van der Waals surface area contributed by atoms with Crippen molar-refractivity contribution in [2.45, 2.75) is 38.3 Å². The van der Waals surface area contributed by atoms with Crippen molar-refractivity contribution in [1.29, 1.82) is 0 Å². The smallest absolute Gasteiger partial charge is 0.238 e. The highest BCUT2D eigenvalue weighted by Gasteiger charge is 2.70. The fraction of sp³-hybridized carbons (Fsp3) is 0.200. The summed E-state index contributed by atoms with van der Waals surface area (Å²) in [7, 11) is 0. The van der Waals surface area contributed by atoms with E-state index >= 15 is 0 Å². The van der Waals surface area contributed by atoms with Crippen molar-refractivity contribution >= 4 is 34.4 Å². The highest BCUT2D eigenvalue weighted by atomic mass is 16.2. The number of nitrogens with one attached hydrogen (secondary N) is 1. The summed E-state index contributed by atoms with van der Waals surface area (Å²) in [6.45, 7) is 6.04. The van der Waals surface area contributed by atoms with Crippen LogP contribution in [0.25, 0.3) is 5.57 Å². The van der Waals surface area contributed by atoms with Crippen LogP contribution in [-0.4, -0.2) is 34.5 Å². The number of hydrogen-bond donors (Lipinski definition) is 1. The summed E-state index contributed by atoms with van der Waals surface area (Å²) in [4.78, 5) is 50.3. The molecule has 3 aromatic carbocycles. The number of para-hydroxylation sites is 1. The third-order valence-electron chi connectivity index (χ3n) is 8.94. The van der Waals surface area contributed by atoms with Crippen LogP contribution in [0.5, 0.6) is 0 Å². The molecule has 202 valence electrons. The summed E-state index contributed by atoms with van der Waals surface area (Å²) in [5, 5.41) is 3.08. The van der Waals surface area contributed by atoms with Crippen LogP contribution < -0.4 is 10.2 Å². The van der Waals surface area contributed by atoms with Crippen molar-refractivity contribution < 1.29 is 14.4 Å². The van der Waals surface area contributed by atoms with E-state index in [2.05, 4.69) is 22.4 Å². The Balaban J connectivity index is 1.56. The number of Topliss-reactive ketones (excluding diaryl/α,β-unsaturated/α-hetero) is 2. The van der Waals surface area contributed by atoms with Crippen molar-refractivity contribution in [3.8, 4) is 0 Å². The molecule has 0 aliphatic carbocycles. The number of hydrogen-bond acceptors (Lipinski definition) is 5. The van der Waals surface area contributed by atoms with E-state index in [9.17, 15) is 14.4 Å². The highest BCUT2D eigenvalue weighted by molar-refractivity contribution is 6.18. The largest absolute Gasteiger partial charge is 0.352 e. The minimum Gasteiger partial charge on any atom is -0.352 e. The molecule has 1 N–H and O–H groups in total. The summed E-state index contributed by atoms with van der Waals surface area (Å²) in [6, 6.07) is 24.8. The molecule has 7 rings (SSSR count). The zero-order valence-corrected chi connectivity index (χ0v) is 23.1. The van der Waals surface area contributed by atoms with E-state index in [1.165, 1.54) is 0 Å². The second-order valence-corrected chi connectivity index (χ2v) is 11.3. The number of fused-ring (bicyclic) bond motifs is 6. The molecule has 0 radical (unpaired) electrons. The maximum Gasteiger partial charge on any atom is 0.238 e. The van der Waals surface area contributed by atoms with Gasteiger partial charge in [-0.25, -0.2) is 0 Å². The molecule has 1 spiro atoms. The number of anilines is 2. The second kappa shape index (κ2) is 9.10. The van der Waals surface area contributed by atoms with E-state index in [4.69, 9.17) is 0 Å². The van der Waals surface area contributed by atoms with Crippen LogP contribution >= 0.6 is 0 Å². The third-order valence-corrected chi connectivity index (χ3v) is 8.94. The summed E-state index contributed by atoms with van der Waals surface area (Å²) < 4.78 is 0. The number of allylic oxidation sites excluding steroid dienone is 1. The van der Waals surface area contributed by atoms with Crippen molar-refractivity contribution in [3.05, 3.63) is 131 Å². The SMILES string of the molecule is CC1=C[C@@H]2N(c3ccc(C)cc31)[C@H](C(=O)c1ccc(C)cc1)[C@@H](C(=O)c1ccccn1)[C@]21C(=O)Nc2ccccc21. The van der Waals surface area contributed by atoms with E-state index in [0.29, 0.717) is 11.3 Å². The Kier molecular flexibility index (Phi) is 5.58. The van der Waals surface area contributed by atoms with Crippen molar-refractivity contribution in [2.24, 2.45) is 5.92 Å². The average molecular weight is 540 g/mol. The number of carbonyl (C=O) groups is 3. The van der Waals surface area contributed by atoms with Gasteiger partial charge in [0.1, 0.15) is 17.2 Å². The molecule has 0 unspecified atom stereocenters. The van der Waals surface area contributed by atoms with Gasteiger partial charge in [-0.15, -0.1) is 0 Å². The van der Waals surface area contributed by atoms with Crippen LogP contribution in [0, 0.1) is 19.8 Å². The lowest BCUT2D eigenvalue weighted by Crippen LogP contribution is -2.51. The second-order valence-electron chi connectivity index (χ2n) is 11.3. The van der Waals surface area contributed by atoms with E-state index in [1.807, 2.05) is 86.3 Å². The molecule has 4 aromatic rings. The maximum absolute atomic E-state index is 14.7. The van der Waals surface area contributed by atoms with Gasteiger partial charge in [-0.3, -0.25) is 19.4 Å².